The molecule has 0 bridgehead atoms. The first-order valence-corrected chi connectivity index (χ1v) is 12.1. The average Bonchev–Trinajstić information content (AvgIpc) is 3.12. The Balaban J connectivity index is 1.71. The quantitative estimate of drug-likeness (QED) is 0.690. The fourth-order valence-electron chi connectivity index (χ4n) is 4.02. The highest BCUT2D eigenvalue weighted by molar-refractivity contribution is 7.98. The summed E-state index contributed by atoms with van der Waals surface area (Å²) in [7, 11) is 1.55. The highest BCUT2D eigenvalue weighted by Crippen LogP contribution is 2.40. The molecule has 2 heterocycles. The van der Waals surface area contributed by atoms with Crippen LogP contribution in [0.5, 0.6) is 11.5 Å². The molecule has 1 saturated heterocycles. The maximum absolute atomic E-state index is 13.3. The summed E-state index contributed by atoms with van der Waals surface area (Å²) < 4.78 is 16.8. The molecule has 2 amide bonds. The summed E-state index contributed by atoms with van der Waals surface area (Å²) >= 11 is 1.60. The first kappa shape index (κ1) is 24.2. The van der Waals surface area contributed by atoms with Gasteiger partial charge in [-0.05, 0) is 57.4 Å². The van der Waals surface area contributed by atoms with E-state index in [1.165, 1.54) is 0 Å². The van der Waals surface area contributed by atoms with Crippen molar-refractivity contribution in [3.8, 4) is 11.5 Å². The van der Waals surface area contributed by atoms with Gasteiger partial charge in [0.15, 0.2) is 5.78 Å². The van der Waals surface area contributed by atoms with Gasteiger partial charge in [-0.3, -0.25) is 9.59 Å². The van der Waals surface area contributed by atoms with Crippen molar-refractivity contribution < 1.29 is 28.6 Å². The number of ketones is 1. The topological polar surface area (TPSA) is 94.2 Å². The number of thioether (sulfide) groups is 1. The van der Waals surface area contributed by atoms with Gasteiger partial charge in [-0.2, -0.15) is 11.8 Å². The third-order valence-electron chi connectivity index (χ3n) is 5.52. The average molecular weight is 465 g/mol. The van der Waals surface area contributed by atoms with E-state index in [0.29, 0.717) is 43.0 Å². The van der Waals surface area contributed by atoms with Crippen molar-refractivity contribution in [3.05, 3.63) is 23.8 Å². The molecule has 1 N–H and O–H groups in total. The zero-order valence-electron chi connectivity index (χ0n) is 19.4. The van der Waals surface area contributed by atoms with E-state index in [9.17, 15) is 14.4 Å². The fraction of sp³-hybridized carbons (Fsp3) is 0.609. The number of fused-ring (bicyclic) bond motifs is 1. The molecule has 0 aliphatic carbocycles. The van der Waals surface area contributed by atoms with Gasteiger partial charge in [0, 0.05) is 13.0 Å². The monoisotopic (exact) mass is 464 g/mol. The van der Waals surface area contributed by atoms with E-state index in [0.717, 1.165) is 5.75 Å². The Morgan fingerprint density at radius 1 is 1.34 bits per heavy atom. The molecule has 0 saturated carbocycles. The second kappa shape index (κ2) is 9.60. The zero-order chi connectivity index (χ0) is 23.5. The molecule has 0 radical (unpaired) electrons. The molecule has 2 atom stereocenters. The van der Waals surface area contributed by atoms with Crippen molar-refractivity contribution in [2.75, 3.05) is 32.2 Å². The van der Waals surface area contributed by atoms with Crippen LogP contribution >= 0.6 is 11.8 Å². The Hall–Kier alpha value is -2.42. The summed E-state index contributed by atoms with van der Waals surface area (Å²) in [5, 5.41) is 2.73. The van der Waals surface area contributed by atoms with Gasteiger partial charge >= 0.3 is 6.09 Å². The number of methoxy groups -OCH3 is 1. The Kier molecular flexibility index (Phi) is 7.27. The second-order valence-corrected chi connectivity index (χ2v) is 10.2. The van der Waals surface area contributed by atoms with E-state index in [1.807, 2.05) is 6.26 Å². The summed E-state index contributed by atoms with van der Waals surface area (Å²) in [5.41, 5.74) is -0.893. The standard InChI is InChI=1S/C23H32N2O6S/c1-22(2,3)31-21(28)24-17(8-11-32-5)20(27)25-10-9-23(14-25)13-18(26)16-12-15(29-4)6-7-19(16)30-23/h6-7,12,17H,8-11,13-14H2,1-5H3,(H,24,28). The number of Topliss-reactive ketones (excluding diaryl/α,β-unsaturated/α-hetero) is 1. The number of nitrogens with zero attached hydrogens (tertiary/aromatic N) is 1. The van der Waals surface area contributed by atoms with E-state index in [4.69, 9.17) is 14.2 Å². The van der Waals surface area contributed by atoms with Crippen LogP contribution in [0.25, 0.3) is 0 Å². The normalized spacial score (nSPS) is 21.0. The van der Waals surface area contributed by atoms with Crippen LogP contribution in [0.3, 0.4) is 0 Å². The molecule has 9 heteroatoms. The predicted octanol–water partition coefficient (Wildman–Crippen LogP) is 3.28. The van der Waals surface area contributed by atoms with Gasteiger partial charge in [-0.25, -0.2) is 4.79 Å². The molecule has 1 spiro atoms. The van der Waals surface area contributed by atoms with Crippen LogP contribution in [0.1, 0.15) is 50.4 Å². The summed E-state index contributed by atoms with van der Waals surface area (Å²) in [5.74, 6) is 1.63. The Bertz CT molecular complexity index is 884. The van der Waals surface area contributed by atoms with Gasteiger partial charge < -0.3 is 24.4 Å². The van der Waals surface area contributed by atoms with Gasteiger partial charge in [0.25, 0.3) is 0 Å². The lowest BCUT2D eigenvalue weighted by Crippen LogP contribution is -2.51. The van der Waals surface area contributed by atoms with Crippen molar-refractivity contribution in [2.45, 2.75) is 57.3 Å². The van der Waals surface area contributed by atoms with Gasteiger partial charge in [-0.15, -0.1) is 0 Å². The Labute approximate surface area is 193 Å². The molecule has 1 fully saturated rings. The number of benzene rings is 1. The third-order valence-corrected chi connectivity index (χ3v) is 6.17. The molecule has 176 valence electrons. The third kappa shape index (κ3) is 5.68. The first-order chi connectivity index (χ1) is 15.1. The number of nitrogens with one attached hydrogen (secondary N) is 1. The molecule has 1 aromatic rings. The minimum absolute atomic E-state index is 0.0229. The smallest absolute Gasteiger partial charge is 0.408 e. The molecule has 1 aromatic carbocycles. The van der Waals surface area contributed by atoms with E-state index in [-0.39, 0.29) is 18.1 Å². The van der Waals surface area contributed by atoms with Crippen molar-refractivity contribution in [1.29, 1.82) is 0 Å². The zero-order valence-corrected chi connectivity index (χ0v) is 20.2. The number of hydrogen-bond acceptors (Lipinski definition) is 7. The number of amides is 2. The molecule has 2 aliphatic rings. The van der Waals surface area contributed by atoms with Crippen molar-refractivity contribution in [2.24, 2.45) is 0 Å². The van der Waals surface area contributed by atoms with Crippen molar-refractivity contribution in [1.82, 2.24) is 10.2 Å². The number of carbonyl (C=O) groups is 3. The molecule has 2 unspecified atom stereocenters. The van der Waals surface area contributed by atoms with Crippen molar-refractivity contribution >= 4 is 29.5 Å². The molecular weight excluding hydrogens is 432 g/mol. The van der Waals surface area contributed by atoms with E-state index in [1.54, 1.807) is 62.7 Å². The summed E-state index contributed by atoms with van der Waals surface area (Å²) in [6.45, 7) is 6.10. The van der Waals surface area contributed by atoms with Crippen LogP contribution in [-0.4, -0.2) is 72.1 Å². The fourth-order valence-corrected chi connectivity index (χ4v) is 4.50. The number of alkyl carbamates (subject to hydrolysis) is 1. The molecular formula is C23H32N2O6S. The second-order valence-electron chi connectivity index (χ2n) is 9.24. The number of hydrogen-bond donors (Lipinski definition) is 1. The van der Waals surface area contributed by atoms with E-state index >= 15 is 0 Å². The van der Waals surface area contributed by atoms with E-state index < -0.39 is 23.3 Å². The summed E-state index contributed by atoms with van der Waals surface area (Å²) in [4.78, 5) is 40.1. The van der Waals surface area contributed by atoms with Crippen LogP contribution in [-0.2, 0) is 9.53 Å². The van der Waals surface area contributed by atoms with Crippen LogP contribution in [0, 0.1) is 0 Å². The number of likely N-dealkylation sites (tertiary alicyclic amines) is 1. The maximum atomic E-state index is 13.3. The van der Waals surface area contributed by atoms with Crippen LogP contribution in [0.4, 0.5) is 4.79 Å². The molecule has 2 aliphatic heterocycles. The van der Waals surface area contributed by atoms with Gasteiger partial charge in [0.2, 0.25) is 5.91 Å². The largest absolute Gasteiger partial charge is 0.497 e. The minimum Gasteiger partial charge on any atom is -0.497 e. The van der Waals surface area contributed by atoms with E-state index in [2.05, 4.69) is 5.32 Å². The Morgan fingerprint density at radius 3 is 2.75 bits per heavy atom. The molecule has 8 nitrogen and oxygen atoms in total. The van der Waals surface area contributed by atoms with Crippen LogP contribution in [0.2, 0.25) is 0 Å². The highest BCUT2D eigenvalue weighted by atomic mass is 32.2. The van der Waals surface area contributed by atoms with Crippen LogP contribution < -0.4 is 14.8 Å². The number of carbonyl (C=O) groups excluding carboxylic acids is 3. The minimum atomic E-state index is -0.746. The highest BCUT2D eigenvalue weighted by Gasteiger charge is 2.48. The number of ether oxygens (including phenoxy) is 3. The summed E-state index contributed by atoms with van der Waals surface area (Å²) in [6.07, 6.45) is 2.58. The maximum Gasteiger partial charge on any atom is 0.408 e. The van der Waals surface area contributed by atoms with Gasteiger partial charge in [0.1, 0.15) is 28.7 Å². The Morgan fingerprint density at radius 2 is 2.09 bits per heavy atom. The van der Waals surface area contributed by atoms with Gasteiger partial charge in [0.05, 0.1) is 25.6 Å². The SMILES string of the molecule is COc1ccc2c(c1)C(=O)CC1(CCN(C(=O)C(CCSC)NC(=O)OC(C)(C)C)C1)O2. The number of rotatable bonds is 6. The molecule has 32 heavy (non-hydrogen) atoms. The lowest BCUT2D eigenvalue weighted by Gasteiger charge is -2.35. The predicted molar refractivity (Wildman–Crippen MR) is 123 cm³/mol. The first-order valence-electron chi connectivity index (χ1n) is 10.7. The summed E-state index contributed by atoms with van der Waals surface area (Å²) in [6, 6.07) is 4.49. The lowest BCUT2D eigenvalue weighted by molar-refractivity contribution is -0.133. The van der Waals surface area contributed by atoms with Crippen molar-refractivity contribution in [3.63, 3.8) is 0 Å². The molecule has 3 rings (SSSR count). The van der Waals surface area contributed by atoms with Crippen LogP contribution in [0.15, 0.2) is 18.2 Å². The molecule has 0 aromatic heterocycles. The van der Waals surface area contributed by atoms with Gasteiger partial charge in [-0.1, -0.05) is 0 Å². The lowest BCUT2D eigenvalue weighted by atomic mass is 9.89.